The predicted octanol–water partition coefficient (Wildman–Crippen LogP) is 4.43. The molecule has 2 aromatic rings. The number of carbonyl (C=O) groups is 2. The van der Waals surface area contributed by atoms with E-state index in [2.05, 4.69) is 5.32 Å². The SMILES string of the molecule is CC(C)(C)OC(=O)N[C@@H](C=CC(=O)O)Cc1ccc(-c2ccccc2)cc1. The molecule has 0 spiro atoms. The smallest absolute Gasteiger partial charge is 0.408 e. The van der Waals surface area contributed by atoms with E-state index in [4.69, 9.17) is 9.84 Å². The average Bonchev–Trinajstić information content (AvgIpc) is 2.59. The van der Waals surface area contributed by atoms with E-state index in [0.717, 1.165) is 22.8 Å². The number of carboxylic acid groups (broad SMARTS) is 1. The van der Waals surface area contributed by atoms with Gasteiger partial charge >= 0.3 is 12.1 Å². The molecule has 0 aliphatic heterocycles. The molecule has 27 heavy (non-hydrogen) atoms. The standard InChI is InChI=1S/C22H25NO4/c1-22(2,3)27-21(26)23-19(13-14-20(24)25)15-16-9-11-18(12-10-16)17-7-5-4-6-8-17/h4-14,19H,15H2,1-3H3,(H,23,26)(H,24,25)/t19-/m0/s1. The number of rotatable bonds is 6. The first-order chi connectivity index (χ1) is 12.7. The van der Waals surface area contributed by atoms with Gasteiger partial charge in [0, 0.05) is 6.08 Å². The van der Waals surface area contributed by atoms with Crippen LogP contribution in [-0.2, 0) is 16.0 Å². The van der Waals surface area contributed by atoms with Crippen molar-refractivity contribution in [1.29, 1.82) is 0 Å². The van der Waals surface area contributed by atoms with Crippen LogP contribution in [0.1, 0.15) is 26.3 Å². The van der Waals surface area contributed by atoms with Crippen molar-refractivity contribution in [2.24, 2.45) is 0 Å². The lowest BCUT2D eigenvalue weighted by Crippen LogP contribution is -2.39. The van der Waals surface area contributed by atoms with E-state index in [1.54, 1.807) is 20.8 Å². The highest BCUT2D eigenvalue weighted by atomic mass is 16.6. The fourth-order valence-corrected chi connectivity index (χ4v) is 2.54. The number of alkyl carbamates (subject to hydrolysis) is 1. The first-order valence-corrected chi connectivity index (χ1v) is 8.78. The number of carboxylic acids is 1. The molecule has 0 aliphatic rings. The Morgan fingerprint density at radius 3 is 2.19 bits per heavy atom. The van der Waals surface area contributed by atoms with Crippen molar-refractivity contribution in [2.75, 3.05) is 0 Å². The van der Waals surface area contributed by atoms with Crippen molar-refractivity contribution in [3.63, 3.8) is 0 Å². The van der Waals surface area contributed by atoms with Crippen molar-refractivity contribution < 1.29 is 19.4 Å². The van der Waals surface area contributed by atoms with E-state index >= 15 is 0 Å². The van der Waals surface area contributed by atoms with Crippen molar-refractivity contribution >= 4 is 12.1 Å². The highest BCUT2D eigenvalue weighted by Crippen LogP contribution is 2.20. The normalized spacial score (nSPS) is 12.6. The van der Waals surface area contributed by atoms with Gasteiger partial charge in [0.05, 0.1) is 6.04 Å². The first-order valence-electron chi connectivity index (χ1n) is 8.78. The third-order valence-electron chi connectivity index (χ3n) is 3.69. The first kappa shape index (κ1) is 20.2. The number of nitrogens with one attached hydrogen (secondary N) is 1. The number of ether oxygens (including phenoxy) is 1. The minimum atomic E-state index is -1.06. The summed E-state index contributed by atoms with van der Waals surface area (Å²) in [5, 5.41) is 11.6. The molecule has 1 amide bonds. The van der Waals surface area contributed by atoms with Gasteiger partial charge in [-0.05, 0) is 43.9 Å². The Morgan fingerprint density at radius 1 is 1.04 bits per heavy atom. The largest absolute Gasteiger partial charge is 0.478 e. The Morgan fingerprint density at radius 2 is 1.63 bits per heavy atom. The Balaban J connectivity index is 2.09. The Kier molecular flexibility index (Phi) is 6.77. The maximum absolute atomic E-state index is 12.0. The van der Waals surface area contributed by atoms with Crippen molar-refractivity contribution in [3.05, 3.63) is 72.3 Å². The summed E-state index contributed by atoms with van der Waals surface area (Å²) in [7, 11) is 0. The molecule has 0 unspecified atom stereocenters. The van der Waals surface area contributed by atoms with Crippen LogP contribution in [0.4, 0.5) is 4.79 Å². The number of carbonyl (C=O) groups excluding carboxylic acids is 1. The summed E-state index contributed by atoms with van der Waals surface area (Å²) >= 11 is 0. The summed E-state index contributed by atoms with van der Waals surface area (Å²) in [4.78, 5) is 22.9. The molecule has 0 saturated heterocycles. The van der Waals surface area contributed by atoms with Gasteiger partial charge in [0.1, 0.15) is 5.60 Å². The van der Waals surface area contributed by atoms with Gasteiger partial charge in [0.15, 0.2) is 0 Å². The van der Waals surface area contributed by atoms with Gasteiger partial charge in [-0.1, -0.05) is 60.7 Å². The topological polar surface area (TPSA) is 75.6 Å². The van der Waals surface area contributed by atoms with E-state index in [-0.39, 0.29) is 0 Å². The minimum absolute atomic E-state index is 0.456. The Bertz CT molecular complexity index is 789. The number of hydrogen-bond donors (Lipinski definition) is 2. The lowest BCUT2D eigenvalue weighted by atomic mass is 10.0. The molecule has 0 aliphatic carbocycles. The second kappa shape index (κ2) is 9.03. The molecule has 2 N–H and O–H groups in total. The third kappa shape index (κ3) is 7.36. The van der Waals surface area contributed by atoms with Crippen LogP contribution in [0.5, 0.6) is 0 Å². The van der Waals surface area contributed by atoms with E-state index in [9.17, 15) is 9.59 Å². The number of benzene rings is 2. The zero-order chi connectivity index (χ0) is 19.9. The monoisotopic (exact) mass is 367 g/mol. The quantitative estimate of drug-likeness (QED) is 0.741. The average molecular weight is 367 g/mol. The van der Waals surface area contributed by atoms with Gasteiger partial charge in [0.2, 0.25) is 0 Å². The Hall–Kier alpha value is -3.08. The number of hydrogen-bond acceptors (Lipinski definition) is 3. The molecule has 5 heteroatoms. The van der Waals surface area contributed by atoms with Gasteiger partial charge in [-0.3, -0.25) is 0 Å². The molecular weight excluding hydrogens is 342 g/mol. The number of amides is 1. The van der Waals surface area contributed by atoms with Crippen molar-refractivity contribution in [1.82, 2.24) is 5.32 Å². The minimum Gasteiger partial charge on any atom is -0.478 e. The number of aliphatic carboxylic acids is 1. The second-order valence-corrected chi connectivity index (χ2v) is 7.22. The van der Waals surface area contributed by atoms with Crippen LogP contribution in [0.2, 0.25) is 0 Å². The summed E-state index contributed by atoms with van der Waals surface area (Å²) in [5.74, 6) is -1.06. The molecule has 2 rings (SSSR count). The fraction of sp³-hybridized carbons (Fsp3) is 0.273. The fourth-order valence-electron chi connectivity index (χ4n) is 2.54. The molecule has 0 bridgehead atoms. The van der Waals surface area contributed by atoms with Gasteiger partial charge in [-0.25, -0.2) is 9.59 Å². The summed E-state index contributed by atoms with van der Waals surface area (Å²) < 4.78 is 5.26. The summed E-state index contributed by atoms with van der Waals surface area (Å²) in [5.41, 5.74) is 2.57. The van der Waals surface area contributed by atoms with Gasteiger partial charge in [0.25, 0.3) is 0 Å². The summed E-state index contributed by atoms with van der Waals surface area (Å²) in [6, 6.07) is 17.5. The van der Waals surface area contributed by atoms with Crippen LogP contribution in [0.25, 0.3) is 11.1 Å². The van der Waals surface area contributed by atoms with Crippen LogP contribution in [0.3, 0.4) is 0 Å². The van der Waals surface area contributed by atoms with Crippen molar-refractivity contribution in [2.45, 2.75) is 38.8 Å². The molecule has 0 radical (unpaired) electrons. The summed E-state index contributed by atoms with van der Waals surface area (Å²) in [6.07, 6.45) is 2.36. The van der Waals surface area contributed by atoms with Crippen LogP contribution in [0, 0.1) is 0 Å². The van der Waals surface area contributed by atoms with E-state index < -0.39 is 23.7 Å². The Labute approximate surface area is 159 Å². The molecule has 1 atom stereocenters. The van der Waals surface area contributed by atoms with Crippen LogP contribution < -0.4 is 5.32 Å². The van der Waals surface area contributed by atoms with E-state index in [1.807, 2.05) is 54.6 Å². The van der Waals surface area contributed by atoms with E-state index in [0.29, 0.717) is 6.42 Å². The van der Waals surface area contributed by atoms with Crippen LogP contribution in [0.15, 0.2) is 66.7 Å². The second-order valence-electron chi connectivity index (χ2n) is 7.22. The molecule has 0 fully saturated rings. The third-order valence-corrected chi connectivity index (χ3v) is 3.69. The molecular formula is C22H25NO4. The zero-order valence-corrected chi connectivity index (χ0v) is 15.8. The zero-order valence-electron chi connectivity index (χ0n) is 15.8. The van der Waals surface area contributed by atoms with Gasteiger partial charge in [-0.2, -0.15) is 0 Å². The van der Waals surface area contributed by atoms with Gasteiger partial charge < -0.3 is 15.2 Å². The van der Waals surface area contributed by atoms with E-state index in [1.165, 1.54) is 6.08 Å². The molecule has 142 valence electrons. The molecule has 0 heterocycles. The van der Waals surface area contributed by atoms with Crippen LogP contribution >= 0.6 is 0 Å². The van der Waals surface area contributed by atoms with Crippen molar-refractivity contribution in [3.8, 4) is 11.1 Å². The lowest BCUT2D eigenvalue weighted by Gasteiger charge is -2.22. The highest BCUT2D eigenvalue weighted by Gasteiger charge is 2.18. The molecule has 0 aromatic heterocycles. The lowest BCUT2D eigenvalue weighted by molar-refractivity contribution is -0.131. The maximum atomic E-state index is 12.0. The van der Waals surface area contributed by atoms with Gasteiger partial charge in [-0.15, -0.1) is 0 Å². The van der Waals surface area contributed by atoms with Crippen LogP contribution in [-0.4, -0.2) is 28.8 Å². The maximum Gasteiger partial charge on any atom is 0.408 e. The molecule has 5 nitrogen and oxygen atoms in total. The molecule has 0 saturated carbocycles. The predicted molar refractivity (Wildman–Crippen MR) is 106 cm³/mol. The molecule has 2 aromatic carbocycles. The summed E-state index contributed by atoms with van der Waals surface area (Å²) in [6.45, 7) is 5.32. The highest BCUT2D eigenvalue weighted by molar-refractivity contribution is 5.80.